The first-order chi connectivity index (χ1) is 12.6. The lowest BCUT2D eigenvalue weighted by molar-refractivity contribution is 0.324. The zero-order chi connectivity index (χ0) is 18.5. The summed E-state index contributed by atoms with van der Waals surface area (Å²) in [5.74, 6) is 1.98. The van der Waals surface area contributed by atoms with Crippen LogP contribution in [0.25, 0.3) is 23.4 Å². The van der Waals surface area contributed by atoms with Crippen molar-refractivity contribution < 1.29 is 19.3 Å². The summed E-state index contributed by atoms with van der Waals surface area (Å²) in [6.07, 6.45) is 3.84. The molecule has 0 aliphatic carbocycles. The minimum absolute atomic E-state index is 0.229. The third-order valence-corrected chi connectivity index (χ3v) is 3.90. The molecule has 0 fully saturated rings. The van der Waals surface area contributed by atoms with E-state index in [0.717, 1.165) is 22.5 Å². The molecule has 2 N–H and O–H groups in total. The maximum Gasteiger partial charge on any atom is 0.203 e. The SMILES string of the molecule is COc1cc(/C=C/c2cc(-c3ccc(O)cc3)n[nH]2)cc(OC)c1OC. The molecule has 6 nitrogen and oxygen atoms in total. The van der Waals surface area contributed by atoms with Crippen molar-refractivity contribution in [3.05, 3.63) is 53.7 Å². The Morgan fingerprint density at radius 2 is 1.54 bits per heavy atom. The third-order valence-electron chi connectivity index (χ3n) is 3.90. The molecule has 0 spiro atoms. The Labute approximate surface area is 151 Å². The van der Waals surface area contributed by atoms with Gasteiger partial charge in [0.15, 0.2) is 11.5 Å². The molecule has 0 aliphatic rings. The third kappa shape index (κ3) is 3.64. The highest BCUT2D eigenvalue weighted by Gasteiger charge is 2.12. The predicted molar refractivity (Wildman–Crippen MR) is 101 cm³/mol. The van der Waals surface area contributed by atoms with Gasteiger partial charge in [-0.3, -0.25) is 5.10 Å². The topological polar surface area (TPSA) is 76.6 Å². The van der Waals surface area contributed by atoms with Crippen LogP contribution in [0.3, 0.4) is 0 Å². The number of phenolic OH excluding ortho intramolecular Hbond substituents is 1. The van der Waals surface area contributed by atoms with Crippen LogP contribution in [-0.4, -0.2) is 36.6 Å². The summed E-state index contributed by atoms with van der Waals surface area (Å²) in [7, 11) is 4.75. The van der Waals surface area contributed by atoms with Gasteiger partial charge in [0.2, 0.25) is 5.75 Å². The second-order valence-electron chi connectivity index (χ2n) is 5.55. The van der Waals surface area contributed by atoms with E-state index in [0.29, 0.717) is 17.2 Å². The summed E-state index contributed by atoms with van der Waals surface area (Å²) >= 11 is 0. The summed E-state index contributed by atoms with van der Waals surface area (Å²) in [6.45, 7) is 0. The van der Waals surface area contributed by atoms with Crippen molar-refractivity contribution in [1.29, 1.82) is 0 Å². The van der Waals surface area contributed by atoms with Gasteiger partial charge < -0.3 is 19.3 Å². The Morgan fingerprint density at radius 1 is 0.885 bits per heavy atom. The highest BCUT2D eigenvalue weighted by atomic mass is 16.5. The van der Waals surface area contributed by atoms with Gasteiger partial charge in [-0.15, -0.1) is 0 Å². The number of aromatic nitrogens is 2. The fraction of sp³-hybridized carbons (Fsp3) is 0.150. The number of nitrogens with zero attached hydrogens (tertiary/aromatic N) is 1. The molecular weight excluding hydrogens is 332 g/mol. The van der Waals surface area contributed by atoms with E-state index in [1.54, 1.807) is 33.5 Å². The van der Waals surface area contributed by atoms with Crippen LogP contribution < -0.4 is 14.2 Å². The average molecular weight is 352 g/mol. The zero-order valence-corrected chi connectivity index (χ0v) is 14.8. The van der Waals surface area contributed by atoms with Crippen LogP contribution in [0.15, 0.2) is 42.5 Å². The van der Waals surface area contributed by atoms with Crippen LogP contribution in [0, 0.1) is 0 Å². The van der Waals surface area contributed by atoms with E-state index in [1.807, 2.05) is 42.5 Å². The fourth-order valence-corrected chi connectivity index (χ4v) is 2.59. The molecule has 0 amide bonds. The van der Waals surface area contributed by atoms with E-state index in [9.17, 15) is 5.11 Å². The van der Waals surface area contributed by atoms with Crippen LogP contribution in [0.2, 0.25) is 0 Å². The monoisotopic (exact) mass is 352 g/mol. The van der Waals surface area contributed by atoms with Crippen molar-refractivity contribution in [2.24, 2.45) is 0 Å². The van der Waals surface area contributed by atoms with Crippen molar-refractivity contribution in [3.63, 3.8) is 0 Å². The van der Waals surface area contributed by atoms with Gasteiger partial charge in [0, 0.05) is 5.56 Å². The van der Waals surface area contributed by atoms with Gasteiger partial charge in [-0.25, -0.2) is 0 Å². The Kier molecular flexibility index (Phi) is 5.12. The first-order valence-corrected chi connectivity index (χ1v) is 7.97. The molecule has 0 bridgehead atoms. The molecule has 0 aliphatic heterocycles. The molecule has 3 rings (SSSR count). The van der Waals surface area contributed by atoms with Crippen LogP contribution >= 0.6 is 0 Å². The molecule has 26 heavy (non-hydrogen) atoms. The van der Waals surface area contributed by atoms with Crippen molar-refractivity contribution in [2.75, 3.05) is 21.3 Å². The molecule has 0 unspecified atom stereocenters. The van der Waals surface area contributed by atoms with Gasteiger partial charge in [0.05, 0.1) is 32.7 Å². The van der Waals surface area contributed by atoms with E-state index in [1.165, 1.54) is 0 Å². The van der Waals surface area contributed by atoms with E-state index < -0.39 is 0 Å². The fourth-order valence-electron chi connectivity index (χ4n) is 2.59. The lowest BCUT2D eigenvalue weighted by atomic mass is 10.1. The molecule has 6 heteroatoms. The highest BCUT2D eigenvalue weighted by Crippen LogP contribution is 2.38. The Hall–Kier alpha value is -3.41. The molecule has 0 atom stereocenters. The second-order valence-corrected chi connectivity index (χ2v) is 5.55. The minimum Gasteiger partial charge on any atom is -0.508 e. The number of methoxy groups -OCH3 is 3. The van der Waals surface area contributed by atoms with Crippen LogP contribution in [0.5, 0.6) is 23.0 Å². The van der Waals surface area contributed by atoms with E-state index in [2.05, 4.69) is 10.2 Å². The van der Waals surface area contributed by atoms with Gasteiger partial charge in [-0.2, -0.15) is 5.10 Å². The van der Waals surface area contributed by atoms with E-state index >= 15 is 0 Å². The number of nitrogens with one attached hydrogen (secondary N) is 1. The number of benzene rings is 2. The van der Waals surface area contributed by atoms with Crippen molar-refractivity contribution in [3.8, 4) is 34.3 Å². The molecule has 1 aromatic heterocycles. The molecule has 134 valence electrons. The number of rotatable bonds is 6. The molecule has 2 aromatic carbocycles. The van der Waals surface area contributed by atoms with Crippen LogP contribution in [-0.2, 0) is 0 Å². The van der Waals surface area contributed by atoms with Gasteiger partial charge in [0.25, 0.3) is 0 Å². The highest BCUT2D eigenvalue weighted by molar-refractivity contribution is 5.73. The minimum atomic E-state index is 0.229. The van der Waals surface area contributed by atoms with Gasteiger partial charge in [0.1, 0.15) is 5.75 Å². The van der Waals surface area contributed by atoms with Crippen molar-refractivity contribution in [2.45, 2.75) is 0 Å². The Bertz CT molecular complexity index is 889. The molecule has 1 heterocycles. The molecule has 0 radical (unpaired) electrons. The van der Waals surface area contributed by atoms with Crippen LogP contribution in [0.4, 0.5) is 0 Å². The first-order valence-electron chi connectivity index (χ1n) is 7.97. The number of aromatic amines is 1. The standard InChI is InChI=1S/C20H20N2O4/c1-24-18-10-13(11-19(25-2)20(18)26-3)4-7-15-12-17(22-21-15)14-5-8-16(23)9-6-14/h4-12,23H,1-3H3,(H,21,22)/b7-4+. The average Bonchev–Trinajstić information content (AvgIpc) is 3.15. The van der Waals surface area contributed by atoms with Gasteiger partial charge in [-0.05, 0) is 54.1 Å². The lowest BCUT2D eigenvalue weighted by Crippen LogP contribution is -1.95. The smallest absolute Gasteiger partial charge is 0.203 e. The summed E-state index contributed by atoms with van der Waals surface area (Å²) < 4.78 is 16.1. The number of phenols is 1. The number of H-pyrrole nitrogens is 1. The summed E-state index contributed by atoms with van der Waals surface area (Å²) in [5, 5.41) is 16.7. The van der Waals surface area contributed by atoms with Gasteiger partial charge in [-0.1, -0.05) is 6.08 Å². The van der Waals surface area contributed by atoms with Crippen molar-refractivity contribution >= 4 is 12.2 Å². The number of hydrogen-bond acceptors (Lipinski definition) is 5. The maximum absolute atomic E-state index is 9.37. The second kappa shape index (κ2) is 7.65. The number of ether oxygens (including phenoxy) is 3. The molecule has 0 saturated heterocycles. The molecular formula is C20H20N2O4. The Balaban J connectivity index is 1.85. The number of aromatic hydroxyl groups is 1. The zero-order valence-electron chi connectivity index (χ0n) is 14.8. The first kappa shape index (κ1) is 17.4. The normalized spacial score (nSPS) is 10.9. The molecule has 3 aromatic rings. The predicted octanol–water partition coefficient (Wildman–Crippen LogP) is 3.98. The summed E-state index contributed by atoms with van der Waals surface area (Å²) in [5.41, 5.74) is 3.48. The lowest BCUT2D eigenvalue weighted by Gasteiger charge is -2.12. The van der Waals surface area contributed by atoms with E-state index in [-0.39, 0.29) is 5.75 Å². The van der Waals surface area contributed by atoms with Gasteiger partial charge >= 0.3 is 0 Å². The van der Waals surface area contributed by atoms with E-state index in [4.69, 9.17) is 14.2 Å². The summed E-state index contributed by atoms with van der Waals surface area (Å²) in [4.78, 5) is 0. The quantitative estimate of drug-likeness (QED) is 0.702. The number of hydrogen-bond donors (Lipinski definition) is 2. The largest absolute Gasteiger partial charge is 0.508 e. The summed E-state index contributed by atoms with van der Waals surface area (Å²) in [6, 6.07) is 12.6. The molecule has 0 saturated carbocycles. The maximum atomic E-state index is 9.37. The Morgan fingerprint density at radius 3 is 2.12 bits per heavy atom. The van der Waals surface area contributed by atoms with Crippen LogP contribution in [0.1, 0.15) is 11.3 Å². The van der Waals surface area contributed by atoms with Crippen molar-refractivity contribution in [1.82, 2.24) is 10.2 Å².